The first-order chi connectivity index (χ1) is 9.96. The first-order valence-electron chi connectivity index (χ1n) is 6.22. The third kappa shape index (κ3) is 4.10. The lowest BCUT2D eigenvalue weighted by Crippen LogP contribution is -2.26. The first kappa shape index (κ1) is 17.3. The number of Topliss-reactive ketones (excluding diaryl/α,β-unsaturated/α-hetero) is 1. The number of amides is 1. The van der Waals surface area contributed by atoms with Crippen molar-refractivity contribution in [3.63, 3.8) is 0 Å². The van der Waals surface area contributed by atoms with E-state index in [2.05, 4.69) is 21.2 Å². The number of rotatable bonds is 7. The van der Waals surface area contributed by atoms with Gasteiger partial charge in [0.05, 0.1) is 31.4 Å². The molecule has 1 N–H and O–H groups in total. The van der Waals surface area contributed by atoms with Gasteiger partial charge in [-0.15, -0.1) is 0 Å². The number of hydrogen-bond donors (Lipinski definition) is 1. The third-order valence-electron chi connectivity index (χ3n) is 2.78. The minimum absolute atomic E-state index is 0.0132. The zero-order valence-corrected chi connectivity index (χ0v) is 14.0. The van der Waals surface area contributed by atoms with Crippen molar-refractivity contribution in [1.29, 1.82) is 0 Å². The Morgan fingerprint density at radius 3 is 2.24 bits per heavy atom. The standard InChI is InChI=1S/C14H18BrNO5/c1-8(17)5-6-16-14(18)9-7-10(19-2)12(20-3)13(21-4)11(9)15/h7H,5-6H2,1-4H3,(H,16,18). The predicted molar refractivity (Wildman–Crippen MR) is 81.4 cm³/mol. The lowest BCUT2D eigenvalue weighted by atomic mass is 10.1. The molecule has 116 valence electrons. The molecule has 7 heteroatoms. The van der Waals surface area contributed by atoms with E-state index in [0.29, 0.717) is 27.3 Å². The van der Waals surface area contributed by atoms with E-state index in [-0.39, 0.29) is 24.7 Å². The minimum Gasteiger partial charge on any atom is -0.493 e. The van der Waals surface area contributed by atoms with Crippen molar-refractivity contribution in [3.05, 3.63) is 16.1 Å². The molecule has 0 spiro atoms. The van der Waals surface area contributed by atoms with Gasteiger partial charge < -0.3 is 19.5 Å². The second kappa shape index (κ2) is 7.87. The van der Waals surface area contributed by atoms with E-state index >= 15 is 0 Å². The molecule has 0 aromatic heterocycles. The summed E-state index contributed by atoms with van der Waals surface area (Å²) >= 11 is 3.33. The second-order valence-corrected chi connectivity index (χ2v) is 5.01. The Bertz CT molecular complexity index is 545. The summed E-state index contributed by atoms with van der Waals surface area (Å²) < 4.78 is 16.2. The zero-order valence-electron chi connectivity index (χ0n) is 12.4. The van der Waals surface area contributed by atoms with E-state index in [0.717, 1.165) is 0 Å². The Hall–Kier alpha value is -1.76. The molecule has 0 aliphatic carbocycles. The molecular formula is C14H18BrNO5. The topological polar surface area (TPSA) is 73.9 Å². The minimum atomic E-state index is -0.331. The molecular weight excluding hydrogens is 342 g/mol. The Kier molecular flexibility index (Phi) is 6.48. The molecule has 1 aromatic carbocycles. The van der Waals surface area contributed by atoms with Crippen LogP contribution in [0.2, 0.25) is 0 Å². The lowest BCUT2D eigenvalue weighted by molar-refractivity contribution is -0.116. The van der Waals surface area contributed by atoms with Crippen LogP contribution >= 0.6 is 15.9 Å². The van der Waals surface area contributed by atoms with E-state index in [1.54, 1.807) is 6.07 Å². The van der Waals surface area contributed by atoms with Crippen molar-refractivity contribution in [2.75, 3.05) is 27.9 Å². The molecule has 0 saturated heterocycles. The summed E-state index contributed by atoms with van der Waals surface area (Å²) in [5.74, 6) is 0.830. The van der Waals surface area contributed by atoms with Crippen LogP contribution in [0.5, 0.6) is 17.2 Å². The summed E-state index contributed by atoms with van der Waals surface area (Å²) in [4.78, 5) is 23.1. The van der Waals surface area contributed by atoms with Crippen LogP contribution < -0.4 is 19.5 Å². The molecule has 1 rings (SSSR count). The highest BCUT2D eigenvalue weighted by Crippen LogP contribution is 2.44. The molecule has 0 heterocycles. The zero-order chi connectivity index (χ0) is 16.0. The number of hydrogen-bond acceptors (Lipinski definition) is 5. The largest absolute Gasteiger partial charge is 0.493 e. The summed E-state index contributed by atoms with van der Waals surface area (Å²) in [5, 5.41) is 2.67. The smallest absolute Gasteiger partial charge is 0.252 e. The Labute approximate surface area is 131 Å². The van der Waals surface area contributed by atoms with Gasteiger partial charge in [0.1, 0.15) is 5.78 Å². The number of benzene rings is 1. The van der Waals surface area contributed by atoms with Crippen molar-refractivity contribution in [2.45, 2.75) is 13.3 Å². The highest BCUT2D eigenvalue weighted by molar-refractivity contribution is 9.10. The first-order valence-corrected chi connectivity index (χ1v) is 7.01. The van der Waals surface area contributed by atoms with Gasteiger partial charge in [-0.05, 0) is 28.9 Å². The molecule has 1 amide bonds. The van der Waals surface area contributed by atoms with Crippen molar-refractivity contribution >= 4 is 27.6 Å². The fourth-order valence-corrected chi connectivity index (χ4v) is 2.37. The monoisotopic (exact) mass is 359 g/mol. The number of carbonyl (C=O) groups is 2. The van der Waals surface area contributed by atoms with E-state index in [1.807, 2.05) is 0 Å². The van der Waals surface area contributed by atoms with Crippen molar-refractivity contribution < 1.29 is 23.8 Å². The summed E-state index contributed by atoms with van der Waals surface area (Å²) in [5.41, 5.74) is 0.341. The molecule has 0 atom stereocenters. The molecule has 0 fully saturated rings. The molecule has 0 aliphatic rings. The van der Waals surface area contributed by atoms with Gasteiger partial charge in [0, 0.05) is 13.0 Å². The van der Waals surface area contributed by atoms with Crippen molar-refractivity contribution in [2.24, 2.45) is 0 Å². The van der Waals surface area contributed by atoms with Gasteiger partial charge in [-0.3, -0.25) is 9.59 Å². The molecule has 0 bridgehead atoms. The summed E-state index contributed by atoms with van der Waals surface area (Å²) in [6.07, 6.45) is 0.285. The third-order valence-corrected chi connectivity index (χ3v) is 3.56. The maximum atomic E-state index is 12.2. The highest BCUT2D eigenvalue weighted by atomic mass is 79.9. The van der Waals surface area contributed by atoms with E-state index < -0.39 is 0 Å². The van der Waals surface area contributed by atoms with Crippen LogP contribution in [0.1, 0.15) is 23.7 Å². The second-order valence-electron chi connectivity index (χ2n) is 4.21. The average molecular weight is 360 g/mol. The van der Waals surface area contributed by atoms with Gasteiger partial charge in [-0.25, -0.2) is 0 Å². The van der Waals surface area contributed by atoms with Crippen LogP contribution in [-0.4, -0.2) is 39.6 Å². The average Bonchev–Trinajstić information content (AvgIpc) is 2.45. The van der Waals surface area contributed by atoms with Crippen LogP contribution in [0.3, 0.4) is 0 Å². The molecule has 21 heavy (non-hydrogen) atoms. The lowest BCUT2D eigenvalue weighted by Gasteiger charge is -2.16. The number of ketones is 1. The SMILES string of the molecule is COc1cc(C(=O)NCCC(C)=O)c(Br)c(OC)c1OC. The number of halogens is 1. The van der Waals surface area contributed by atoms with Crippen LogP contribution in [0, 0.1) is 0 Å². The van der Waals surface area contributed by atoms with Gasteiger partial charge in [0.25, 0.3) is 5.91 Å². The Balaban J connectivity index is 3.12. The van der Waals surface area contributed by atoms with Crippen molar-refractivity contribution in [3.8, 4) is 17.2 Å². The maximum absolute atomic E-state index is 12.2. The normalized spacial score (nSPS) is 9.95. The molecule has 0 aliphatic heterocycles. The van der Waals surface area contributed by atoms with Gasteiger partial charge in [-0.2, -0.15) is 0 Å². The van der Waals surface area contributed by atoms with E-state index in [9.17, 15) is 9.59 Å². The van der Waals surface area contributed by atoms with Crippen LogP contribution in [0.15, 0.2) is 10.5 Å². The summed E-state index contributed by atoms with van der Waals surface area (Å²) in [7, 11) is 4.43. The Morgan fingerprint density at radius 2 is 1.76 bits per heavy atom. The van der Waals surface area contributed by atoms with Gasteiger partial charge in [0.2, 0.25) is 5.75 Å². The summed E-state index contributed by atoms with van der Waals surface area (Å²) in [6, 6.07) is 1.55. The molecule has 0 unspecified atom stereocenters. The quantitative estimate of drug-likeness (QED) is 0.807. The van der Waals surface area contributed by atoms with E-state index in [1.165, 1.54) is 28.3 Å². The van der Waals surface area contributed by atoms with Gasteiger partial charge in [0.15, 0.2) is 11.5 Å². The molecule has 0 saturated carbocycles. The van der Waals surface area contributed by atoms with Gasteiger partial charge >= 0.3 is 0 Å². The fraction of sp³-hybridized carbons (Fsp3) is 0.429. The van der Waals surface area contributed by atoms with E-state index in [4.69, 9.17) is 14.2 Å². The molecule has 0 radical (unpaired) electrons. The highest BCUT2D eigenvalue weighted by Gasteiger charge is 2.22. The fourth-order valence-electron chi connectivity index (χ4n) is 1.73. The molecule has 6 nitrogen and oxygen atoms in total. The Morgan fingerprint density at radius 1 is 1.14 bits per heavy atom. The number of carbonyl (C=O) groups excluding carboxylic acids is 2. The van der Waals surface area contributed by atoms with Crippen LogP contribution in [0.4, 0.5) is 0 Å². The van der Waals surface area contributed by atoms with Crippen LogP contribution in [0.25, 0.3) is 0 Å². The van der Waals surface area contributed by atoms with Gasteiger partial charge in [-0.1, -0.05) is 0 Å². The predicted octanol–water partition coefficient (Wildman–Crippen LogP) is 2.18. The van der Waals surface area contributed by atoms with Crippen molar-refractivity contribution in [1.82, 2.24) is 5.32 Å². The molecule has 1 aromatic rings. The van der Waals surface area contributed by atoms with Crippen LogP contribution in [-0.2, 0) is 4.79 Å². The maximum Gasteiger partial charge on any atom is 0.252 e. The number of ether oxygens (including phenoxy) is 3. The number of nitrogens with one attached hydrogen (secondary N) is 1. The number of methoxy groups -OCH3 is 3. The summed E-state index contributed by atoms with van der Waals surface area (Å²) in [6.45, 7) is 1.75.